The molecule has 2 aromatic carbocycles. The van der Waals surface area contributed by atoms with Crippen molar-refractivity contribution in [2.45, 2.75) is 76.9 Å². The number of hydrogen-bond donors (Lipinski definition) is 0. The van der Waals surface area contributed by atoms with Crippen molar-refractivity contribution in [3.05, 3.63) is 36.4 Å². The van der Waals surface area contributed by atoms with Gasteiger partial charge in [-0.2, -0.15) is 0 Å². The standard InChI is InChI=1S/C22H31BBrP/c1-16(2)25(17(3)4)21-15-9-11-18-10-8-14-20(22(18)21)23(25,24)19-12-6-5-7-13-19/h8-11,14-17,19H,5-7,12-13H2,1-4H3/t23-/m1/s1. The van der Waals surface area contributed by atoms with E-state index in [2.05, 4.69) is 79.9 Å². The minimum Gasteiger partial charge on any atom is -0.294 e. The van der Waals surface area contributed by atoms with Crippen LogP contribution in [0.3, 0.4) is 0 Å². The quantitative estimate of drug-likeness (QED) is 0.386. The van der Waals surface area contributed by atoms with Crippen LogP contribution in [0.15, 0.2) is 36.4 Å². The lowest BCUT2D eigenvalue weighted by atomic mass is 9.52. The molecule has 3 heteroatoms. The summed E-state index contributed by atoms with van der Waals surface area (Å²) in [5.41, 5.74) is 3.13. The highest BCUT2D eigenvalue weighted by molar-refractivity contribution is 9.31. The van der Waals surface area contributed by atoms with Gasteiger partial charge in [-0.25, -0.2) is 0 Å². The first-order chi connectivity index (χ1) is 12.0. The molecule has 0 unspecified atom stereocenters. The van der Waals surface area contributed by atoms with Gasteiger partial charge in [0.2, 0.25) is 0 Å². The van der Waals surface area contributed by atoms with Crippen LogP contribution in [0, 0.1) is 0 Å². The summed E-state index contributed by atoms with van der Waals surface area (Å²) in [7, 11) is -1.36. The van der Waals surface area contributed by atoms with Crippen LogP contribution in [0.2, 0.25) is 5.82 Å². The summed E-state index contributed by atoms with van der Waals surface area (Å²) in [4.78, 5) is 0. The number of benzene rings is 2. The molecular weight excluding hydrogens is 386 g/mol. The van der Waals surface area contributed by atoms with Gasteiger partial charge in [0.05, 0.1) is 5.30 Å². The Morgan fingerprint density at radius 3 is 2.12 bits per heavy atom. The van der Waals surface area contributed by atoms with E-state index < -0.39 is 11.8 Å². The molecule has 2 aliphatic rings. The Hall–Kier alpha value is -0.325. The zero-order valence-corrected chi connectivity index (χ0v) is 18.6. The van der Waals surface area contributed by atoms with Crippen LogP contribution in [-0.4, -0.2) is 16.0 Å². The molecule has 1 aliphatic carbocycles. The molecular formula is C22H31BBrP. The van der Waals surface area contributed by atoms with E-state index >= 15 is 0 Å². The Morgan fingerprint density at radius 1 is 0.920 bits per heavy atom. The van der Waals surface area contributed by atoms with Crippen LogP contribution in [0.1, 0.15) is 59.8 Å². The van der Waals surface area contributed by atoms with Gasteiger partial charge >= 0.3 is 0 Å². The van der Waals surface area contributed by atoms with Crippen molar-refractivity contribution in [2.24, 2.45) is 0 Å². The summed E-state index contributed by atoms with van der Waals surface area (Å²) in [5, 5.41) is 4.80. The number of halogens is 1. The normalized spacial score (nSPS) is 26.0. The van der Waals surface area contributed by atoms with Crippen LogP contribution >= 0.6 is 22.9 Å². The van der Waals surface area contributed by atoms with Crippen LogP contribution in [-0.2, 0) is 0 Å². The van der Waals surface area contributed by atoms with Gasteiger partial charge in [-0.3, -0.25) is 15.8 Å². The first-order valence-corrected chi connectivity index (χ1v) is 13.1. The van der Waals surface area contributed by atoms with E-state index in [-0.39, 0.29) is 0 Å². The predicted molar refractivity (Wildman–Crippen MR) is 122 cm³/mol. The molecule has 0 aromatic heterocycles. The van der Waals surface area contributed by atoms with Crippen molar-refractivity contribution in [3.63, 3.8) is 0 Å². The smallest absolute Gasteiger partial charge is 0.262 e. The molecule has 2 aromatic rings. The second-order valence-corrected chi connectivity index (χ2v) is 16.1. The van der Waals surface area contributed by atoms with Crippen LogP contribution in [0.5, 0.6) is 0 Å². The third-order valence-electron chi connectivity index (χ3n) is 7.37. The predicted octanol–water partition coefficient (Wildman–Crippen LogP) is 6.69. The van der Waals surface area contributed by atoms with Crippen molar-refractivity contribution in [1.29, 1.82) is 0 Å². The molecule has 0 spiro atoms. The Kier molecular flexibility index (Phi) is 4.61. The molecule has 1 heterocycles. The molecule has 0 N–H and O–H groups in total. The molecule has 0 amide bonds. The first kappa shape index (κ1) is 18.1. The summed E-state index contributed by atoms with van der Waals surface area (Å²) in [5.74, 6) is 0.838. The highest BCUT2D eigenvalue weighted by Gasteiger charge is 2.64. The van der Waals surface area contributed by atoms with Gasteiger partial charge in [0.15, 0.2) is 0 Å². The van der Waals surface area contributed by atoms with E-state index in [4.69, 9.17) is 0 Å². The van der Waals surface area contributed by atoms with Crippen molar-refractivity contribution in [1.82, 2.24) is 0 Å². The highest BCUT2D eigenvalue weighted by atomic mass is 79.9. The molecule has 0 nitrogen and oxygen atoms in total. The summed E-state index contributed by atoms with van der Waals surface area (Å²) in [6.45, 7) is 10.1. The van der Waals surface area contributed by atoms with Crippen molar-refractivity contribution in [3.8, 4) is 0 Å². The van der Waals surface area contributed by atoms with E-state index in [9.17, 15) is 0 Å². The molecule has 1 aliphatic heterocycles. The maximum atomic E-state index is 4.62. The Morgan fingerprint density at radius 2 is 1.52 bits per heavy atom. The van der Waals surface area contributed by atoms with E-state index in [1.807, 2.05) is 0 Å². The highest BCUT2D eigenvalue weighted by Crippen LogP contribution is 2.80. The zero-order valence-electron chi connectivity index (χ0n) is 16.1. The van der Waals surface area contributed by atoms with E-state index in [1.54, 1.807) is 16.2 Å². The molecule has 4 rings (SSSR count). The van der Waals surface area contributed by atoms with E-state index in [1.165, 1.54) is 37.5 Å². The van der Waals surface area contributed by atoms with E-state index in [0.717, 1.165) is 17.1 Å². The van der Waals surface area contributed by atoms with Crippen molar-refractivity contribution < 1.29 is 0 Å². The molecule has 1 atom stereocenters. The van der Waals surface area contributed by atoms with Crippen LogP contribution < -0.4 is 10.8 Å². The van der Waals surface area contributed by atoms with Gasteiger partial charge in [0.1, 0.15) is 0 Å². The average molecular weight is 417 g/mol. The fourth-order valence-electron chi connectivity index (χ4n) is 6.64. The monoisotopic (exact) mass is 416 g/mol. The first-order valence-electron chi connectivity index (χ1n) is 10.2. The minimum absolute atomic E-state index is 0.702. The largest absolute Gasteiger partial charge is 0.294 e. The second-order valence-electron chi connectivity index (χ2n) is 8.92. The maximum absolute atomic E-state index is 4.62. The zero-order chi connectivity index (χ0) is 17.8. The summed E-state index contributed by atoms with van der Waals surface area (Å²) >= 11 is 4.62. The van der Waals surface area contributed by atoms with E-state index in [0.29, 0.717) is 0 Å². The van der Waals surface area contributed by atoms with Crippen molar-refractivity contribution in [2.75, 3.05) is 0 Å². The van der Waals surface area contributed by atoms with Crippen molar-refractivity contribution >= 4 is 49.1 Å². The molecule has 0 bridgehead atoms. The summed E-state index contributed by atoms with van der Waals surface area (Å²) in [6.07, 6.45) is 7.10. The van der Waals surface area contributed by atoms with Gasteiger partial charge in [0, 0.05) is 11.3 Å². The fourth-order valence-corrected chi connectivity index (χ4v) is 18.2. The third kappa shape index (κ3) is 2.23. The lowest BCUT2D eigenvalue weighted by Gasteiger charge is -2.54. The maximum Gasteiger partial charge on any atom is 0.262 e. The molecule has 134 valence electrons. The van der Waals surface area contributed by atoms with Gasteiger partial charge in [-0.1, -0.05) is 69.6 Å². The second kappa shape index (κ2) is 6.38. The summed E-state index contributed by atoms with van der Waals surface area (Å²) < 4.78 is -0.702. The topological polar surface area (TPSA) is 0 Å². The van der Waals surface area contributed by atoms with Gasteiger partial charge in [0.25, 0.3) is 4.69 Å². The lowest BCUT2D eigenvalue weighted by molar-refractivity contribution is 0.499. The van der Waals surface area contributed by atoms with Gasteiger partial charge in [-0.05, 0) is 44.5 Å². The fraction of sp³-hybridized carbons (Fsp3) is 0.545. The third-order valence-corrected chi connectivity index (χ3v) is 17.2. The lowest BCUT2D eigenvalue weighted by Crippen LogP contribution is -2.51. The molecule has 1 fully saturated rings. The van der Waals surface area contributed by atoms with Crippen LogP contribution in [0.25, 0.3) is 10.8 Å². The molecule has 0 saturated heterocycles. The Bertz CT molecular complexity index is 780. The molecule has 0 radical (unpaired) electrons. The van der Waals surface area contributed by atoms with Crippen LogP contribution in [0.4, 0.5) is 0 Å². The summed E-state index contributed by atoms with van der Waals surface area (Å²) in [6, 6.07) is 14.2. The molecule has 1 saturated carbocycles. The van der Waals surface area contributed by atoms with Gasteiger partial charge in [-0.15, -0.1) is 11.3 Å². The Balaban J connectivity index is 2.09. The molecule has 25 heavy (non-hydrogen) atoms. The van der Waals surface area contributed by atoms with Gasteiger partial charge < -0.3 is 0 Å². The minimum atomic E-state index is -1.36. The average Bonchev–Trinajstić information content (AvgIpc) is 2.85. The Labute approximate surface area is 162 Å². The number of hydrogen-bond acceptors (Lipinski definition) is 0. The SMILES string of the molecule is CC(C)[P+]1(C(C)C)c2cccc3cccc(c23)[B@@-]1(Br)C1CCCCC1. The number of rotatable bonds is 3.